The number of nitrogens with one attached hydrogen (secondary N) is 1. The van der Waals surface area contributed by atoms with Crippen LogP contribution in [-0.2, 0) is 11.3 Å². The van der Waals surface area contributed by atoms with E-state index in [1.54, 1.807) is 19.2 Å². The summed E-state index contributed by atoms with van der Waals surface area (Å²) in [6.07, 6.45) is 0. The van der Waals surface area contributed by atoms with Crippen molar-refractivity contribution in [2.75, 3.05) is 20.3 Å². The summed E-state index contributed by atoms with van der Waals surface area (Å²) in [6, 6.07) is 14.8. The lowest BCUT2D eigenvalue weighted by molar-refractivity contribution is 0.146. The molecule has 0 fully saturated rings. The van der Waals surface area contributed by atoms with E-state index in [9.17, 15) is 4.39 Å². The molecule has 2 rings (SSSR count). The Hall–Kier alpha value is -1.91. The lowest BCUT2D eigenvalue weighted by Gasteiger charge is -2.15. The summed E-state index contributed by atoms with van der Waals surface area (Å²) in [4.78, 5) is 0. The van der Waals surface area contributed by atoms with Crippen LogP contribution in [0.1, 0.15) is 24.1 Å². The highest BCUT2D eigenvalue weighted by Gasteiger charge is 2.05. The van der Waals surface area contributed by atoms with Gasteiger partial charge in [0.2, 0.25) is 0 Å². The number of methoxy groups -OCH3 is 1. The summed E-state index contributed by atoms with van der Waals surface area (Å²) < 4.78 is 23.3. The molecule has 0 amide bonds. The molecule has 1 unspecified atom stereocenters. The summed E-state index contributed by atoms with van der Waals surface area (Å²) in [5.74, 6) is 0.632. The van der Waals surface area contributed by atoms with Crippen molar-refractivity contribution in [1.82, 2.24) is 5.32 Å². The van der Waals surface area contributed by atoms with Crippen LogP contribution in [0.25, 0.3) is 0 Å². The van der Waals surface area contributed by atoms with Gasteiger partial charge in [-0.15, -0.1) is 0 Å². The SMILES string of the molecule is COCCOc1ccc(C(C)NCc2ccc(F)cc2)cc1. The van der Waals surface area contributed by atoms with Crippen molar-refractivity contribution in [3.63, 3.8) is 0 Å². The van der Waals surface area contributed by atoms with Crippen LogP contribution in [0, 0.1) is 5.82 Å². The van der Waals surface area contributed by atoms with Crippen molar-refractivity contribution in [2.24, 2.45) is 0 Å². The van der Waals surface area contributed by atoms with Gasteiger partial charge in [-0.1, -0.05) is 24.3 Å². The lowest BCUT2D eigenvalue weighted by Crippen LogP contribution is -2.18. The Labute approximate surface area is 131 Å². The molecular formula is C18H22FNO2. The maximum atomic E-state index is 12.9. The zero-order chi connectivity index (χ0) is 15.8. The Bertz CT molecular complexity index is 554. The first kappa shape index (κ1) is 16.5. The van der Waals surface area contributed by atoms with Gasteiger partial charge in [0, 0.05) is 19.7 Å². The van der Waals surface area contributed by atoms with Crippen LogP contribution >= 0.6 is 0 Å². The largest absolute Gasteiger partial charge is 0.491 e. The minimum Gasteiger partial charge on any atom is -0.491 e. The van der Waals surface area contributed by atoms with Gasteiger partial charge in [-0.05, 0) is 42.3 Å². The molecule has 1 N–H and O–H groups in total. The third kappa shape index (κ3) is 5.13. The van der Waals surface area contributed by atoms with E-state index in [0.29, 0.717) is 19.8 Å². The first-order chi connectivity index (χ1) is 10.7. The fourth-order valence-electron chi connectivity index (χ4n) is 2.09. The molecule has 0 aliphatic rings. The Morgan fingerprint density at radius 1 is 1.00 bits per heavy atom. The maximum Gasteiger partial charge on any atom is 0.123 e. The molecule has 2 aromatic rings. The summed E-state index contributed by atoms with van der Waals surface area (Å²) >= 11 is 0. The first-order valence-electron chi connectivity index (χ1n) is 7.38. The van der Waals surface area contributed by atoms with E-state index in [4.69, 9.17) is 9.47 Å². The minimum absolute atomic E-state index is 0.207. The smallest absolute Gasteiger partial charge is 0.123 e. The van der Waals surface area contributed by atoms with Crippen molar-refractivity contribution in [1.29, 1.82) is 0 Å². The van der Waals surface area contributed by atoms with Crippen LogP contribution < -0.4 is 10.1 Å². The van der Waals surface area contributed by atoms with Crippen LogP contribution in [0.2, 0.25) is 0 Å². The zero-order valence-electron chi connectivity index (χ0n) is 13.0. The number of hydrogen-bond donors (Lipinski definition) is 1. The van der Waals surface area contributed by atoms with E-state index in [-0.39, 0.29) is 11.9 Å². The highest BCUT2D eigenvalue weighted by Crippen LogP contribution is 2.18. The van der Waals surface area contributed by atoms with Gasteiger partial charge in [-0.2, -0.15) is 0 Å². The number of benzene rings is 2. The van der Waals surface area contributed by atoms with Gasteiger partial charge in [-0.25, -0.2) is 4.39 Å². The van der Waals surface area contributed by atoms with Crippen molar-refractivity contribution in [3.05, 3.63) is 65.5 Å². The predicted molar refractivity (Wildman–Crippen MR) is 85.5 cm³/mol. The van der Waals surface area contributed by atoms with Crippen molar-refractivity contribution < 1.29 is 13.9 Å². The molecule has 0 bridgehead atoms. The van der Waals surface area contributed by atoms with Crippen LogP contribution in [0.5, 0.6) is 5.75 Å². The Kier molecular flexibility index (Phi) is 6.37. The molecule has 2 aromatic carbocycles. The zero-order valence-corrected chi connectivity index (χ0v) is 13.0. The van der Waals surface area contributed by atoms with E-state index in [1.165, 1.54) is 17.7 Å². The van der Waals surface area contributed by atoms with Crippen LogP contribution in [0.4, 0.5) is 4.39 Å². The third-order valence-corrected chi connectivity index (χ3v) is 3.46. The number of rotatable bonds is 8. The average molecular weight is 303 g/mol. The number of ether oxygens (including phenoxy) is 2. The normalized spacial score (nSPS) is 12.1. The molecule has 0 spiro atoms. The van der Waals surface area contributed by atoms with Crippen molar-refractivity contribution in [2.45, 2.75) is 19.5 Å². The van der Waals surface area contributed by atoms with E-state index in [0.717, 1.165) is 11.3 Å². The molecule has 0 aliphatic carbocycles. The lowest BCUT2D eigenvalue weighted by atomic mass is 10.1. The van der Waals surface area contributed by atoms with Crippen molar-refractivity contribution in [3.8, 4) is 5.75 Å². The highest BCUT2D eigenvalue weighted by molar-refractivity contribution is 5.29. The first-order valence-corrected chi connectivity index (χ1v) is 7.38. The second kappa shape index (κ2) is 8.51. The van der Waals surface area contributed by atoms with Gasteiger partial charge in [0.25, 0.3) is 0 Å². The van der Waals surface area contributed by atoms with Gasteiger partial charge < -0.3 is 14.8 Å². The Morgan fingerprint density at radius 2 is 1.68 bits per heavy atom. The molecule has 0 saturated carbocycles. The number of hydrogen-bond acceptors (Lipinski definition) is 3. The van der Waals surface area contributed by atoms with E-state index in [1.807, 2.05) is 24.3 Å². The summed E-state index contributed by atoms with van der Waals surface area (Å²) in [5.41, 5.74) is 2.24. The molecule has 3 nitrogen and oxygen atoms in total. The molecule has 22 heavy (non-hydrogen) atoms. The topological polar surface area (TPSA) is 30.5 Å². The van der Waals surface area contributed by atoms with Gasteiger partial charge in [-0.3, -0.25) is 0 Å². The third-order valence-electron chi connectivity index (χ3n) is 3.46. The van der Waals surface area contributed by atoms with E-state index in [2.05, 4.69) is 12.2 Å². The summed E-state index contributed by atoms with van der Waals surface area (Å²) in [5, 5.41) is 3.42. The predicted octanol–water partition coefficient (Wildman–Crippen LogP) is 3.70. The molecule has 0 aliphatic heterocycles. The summed E-state index contributed by atoms with van der Waals surface area (Å²) in [7, 11) is 1.65. The van der Waals surface area contributed by atoms with E-state index < -0.39 is 0 Å². The van der Waals surface area contributed by atoms with Crippen molar-refractivity contribution >= 4 is 0 Å². The molecule has 118 valence electrons. The molecule has 0 radical (unpaired) electrons. The number of halogens is 1. The fraction of sp³-hybridized carbons (Fsp3) is 0.333. The molecule has 1 atom stereocenters. The van der Waals surface area contributed by atoms with Crippen LogP contribution in [0.15, 0.2) is 48.5 Å². The Morgan fingerprint density at radius 3 is 2.32 bits per heavy atom. The van der Waals surface area contributed by atoms with E-state index >= 15 is 0 Å². The molecule has 0 heterocycles. The van der Waals surface area contributed by atoms with Gasteiger partial charge in [0.05, 0.1) is 6.61 Å². The Balaban J connectivity index is 1.84. The highest BCUT2D eigenvalue weighted by atomic mass is 19.1. The van der Waals surface area contributed by atoms with Crippen LogP contribution in [-0.4, -0.2) is 20.3 Å². The van der Waals surface area contributed by atoms with Gasteiger partial charge >= 0.3 is 0 Å². The maximum absolute atomic E-state index is 12.9. The second-order valence-corrected chi connectivity index (χ2v) is 5.14. The standard InChI is InChI=1S/C18H22FNO2/c1-14(20-13-15-3-7-17(19)8-4-15)16-5-9-18(10-6-16)22-12-11-21-2/h3-10,14,20H,11-13H2,1-2H3. The summed E-state index contributed by atoms with van der Waals surface area (Å²) in [6.45, 7) is 3.93. The van der Waals surface area contributed by atoms with Crippen LogP contribution in [0.3, 0.4) is 0 Å². The molecule has 4 heteroatoms. The fourth-order valence-corrected chi connectivity index (χ4v) is 2.09. The van der Waals surface area contributed by atoms with Gasteiger partial charge in [0.1, 0.15) is 18.2 Å². The molecule has 0 saturated heterocycles. The minimum atomic E-state index is -0.208. The second-order valence-electron chi connectivity index (χ2n) is 5.14. The quantitative estimate of drug-likeness (QED) is 0.754. The average Bonchev–Trinajstić information content (AvgIpc) is 2.55. The monoisotopic (exact) mass is 303 g/mol. The molecule has 0 aromatic heterocycles. The van der Waals surface area contributed by atoms with Gasteiger partial charge in [0.15, 0.2) is 0 Å². The molecular weight excluding hydrogens is 281 g/mol.